The molecule has 1 aromatic carbocycles. The molecule has 0 fully saturated rings. The minimum absolute atomic E-state index is 0.0160. The largest absolute Gasteiger partial charge is 0.475 e. The number of benzene rings is 1. The molecule has 1 aromatic heterocycles. The molecular weight excluding hydrogens is 254 g/mol. The number of nitrogens with one attached hydrogen (secondary N) is 1. The fourth-order valence-electron chi connectivity index (χ4n) is 2.14. The summed E-state index contributed by atoms with van der Waals surface area (Å²) in [4.78, 5) is 11.2. The van der Waals surface area contributed by atoms with Gasteiger partial charge in [0.15, 0.2) is 0 Å². The normalized spacial score (nSPS) is 10.6. The van der Waals surface area contributed by atoms with Crippen LogP contribution in [0.2, 0.25) is 0 Å². The monoisotopic (exact) mass is 271 g/mol. The van der Waals surface area contributed by atoms with Gasteiger partial charge in [0.05, 0.1) is 0 Å². The SMILES string of the molecule is C#CCCCCNCc1c(C(=O)O)oc2ccccc12. The predicted octanol–water partition coefficient (Wildman–Crippen LogP) is 3.02. The Morgan fingerprint density at radius 1 is 1.35 bits per heavy atom. The van der Waals surface area contributed by atoms with Crippen LogP contribution in [-0.4, -0.2) is 17.6 Å². The molecule has 0 unspecified atom stereocenters. The Kier molecular flexibility index (Phi) is 4.80. The zero-order valence-corrected chi connectivity index (χ0v) is 11.2. The molecule has 2 aromatic rings. The molecule has 0 atom stereocenters. The van der Waals surface area contributed by atoms with Gasteiger partial charge in [-0.25, -0.2) is 4.79 Å². The highest BCUT2D eigenvalue weighted by atomic mass is 16.4. The van der Waals surface area contributed by atoms with E-state index >= 15 is 0 Å². The van der Waals surface area contributed by atoms with E-state index in [1.165, 1.54) is 0 Å². The average Bonchev–Trinajstić information content (AvgIpc) is 2.82. The number of hydrogen-bond acceptors (Lipinski definition) is 3. The van der Waals surface area contributed by atoms with E-state index in [4.69, 9.17) is 10.8 Å². The van der Waals surface area contributed by atoms with Crippen LogP contribution in [-0.2, 0) is 6.54 Å². The minimum Gasteiger partial charge on any atom is -0.475 e. The van der Waals surface area contributed by atoms with Crippen molar-refractivity contribution in [2.75, 3.05) is 6.54 Å². The maximum absolute atomic E-state index is 11.2. The molecule has 2 rings (SSSR count). The Labute approximate surface area is 117 Å². The van der Waals surface area contributed by atoms with Crippen molar-refractivity contribution in [2.24, 2.45) is 0 Å². The number of carboxylic acid groups (broad SMARTS) is 1. The molecule has 0 aliphatic carbocycles. The average molecular weight is 271 g/mol. The number of terminal acetylenes is 1. The number of furan rings is 1. The van der Waals surface area contributed by atoms with Crippen LogP contribution < -0.4 is 5.32 Å². The highest BCUT2D eigenvalue weighted by Gasteiger charge is 2.18. The number of carboxylic acids is 1. The van der Waals surface area contributed by atoms with Gasteiger partial charge in [0, 0.05) is 23.9 Å². The van der Waals surface area contributed by atoms with Crippen molar-refractivity contribution in [3.63, 3.8) is 0 Å². The molecule has 2 N–H and O–H groups in total. The van der Waals surface area contributed by atoms with Crippen molar-refractivity contribution in [3.8, 4) is 12.3 Å². The van der Waals surface area contributed by atoms with Gasteiger partial charge >= 0.3 is 5.97 Å². The van der Waals surface area contributed by atoms with E-state index < -0.39 is 5.97 Å². The molecule has 20 heavy (non-hydrogen) atoms. The van der Waals surface area contributed by atoms with Crippen molar-refractivity contribution < 1.29 is 14.3 Å². The van der Waals surface area contributed by atoms with Crippen molar-refractivity contribution in [3.05, 3.63) is 35.6 Å². The van der Waals surface area contributed by atoms with E-state index in [0.717, 1.165) is 31.2 Å². The molecule has 4 nitrogen and oxygen atoms in total. The molecule has 0 saturated heterocycles. The summed E-state index contributed by atoms with van der Waals surface area (Å²) in [7, 11) is 0. The zero-order chi connectivity index (χ0) is 14.4. The Hall–Kier alpha value is -2.25. The van der Waals surface area contributed by atoms with Gasteiger partial charge in [-0.3, -0.25) is 0 Å². The van der Waals surface area contributed by atoms with Crippen LogP contribution in [0.1, 0.15) is 35.4 Å². The summed E-state index contributed by atoms with van der Waals surface area (Å²) in [6.07, 6.45) is 7.91. The van der Waals surface area contributed by atoms with E-state index in [2.05, 4.69) is 11.2 Å². The van der Waals surface area contributed by atoms with E-state index in [0.29, 0.717) is 17.7 Å². The molecule has 0 spiro atoms. The summed E-state index contributed by atoms with van der Waals surface area (Å²) >= 11 is 0. The van der Waals surface area contributed by atoms with E-state index in [1.54, 1.807) is 6.07 Å². The number of fused-ring (bicyclic) bond motifs is 1. The van der Waals surface area contributed by atoms with Gasteiger partial charge in [0.1, 0.15) is 5.58 Å². The lowest BCUT2D eigenvalue weighted by Crippen LogP contribution is -2.16. The maximum Gasteiger partial charge on any atom is 0.372 e. The van der Waals surface area contributed by atoms with Crippen molar-refractivity contribution in [2.45, 2.75) is 25.8 Å². The Morgan fingerprint density at radius 3 is 2.90 bits per heavy atom. The van der Waals surface area contributed by atoms with Gasteiger partial charge in [-0.15, -0.1) is 12.3 Å². The van der Waals surface area contributed by atoms with E-state index in [1.807, 2.05) is 18.2 Å². The second-order valence-corrected chi connectivity index (χ2v) is 4.55. The fourth-order valence-corrected chi connectivity index (χ4v) is 2.14. The van der Waals surface area contributed by atoms with Crippen LogP contribution in [0.15, 0.2) is 28.7 Å². The van der Waals surface area contributed by atoms with Gasteiger partial charge in [0.2, 0.25) is 5.76 Å². The Morgan fingerprint density at radius 2 is 2.15 bits per heavy atom. The molecule has 0 aliphatic rings. The summed E-state index contributed by atoms with van der Waals surface area (Å²) in [5.41, 5.74) is 1.30. The first kappa shape index (κ1) is 14.2. The standard InChI is InChI=1S/C16H17NO3/c1-2-3-4-7-10-17-11-13-12-8-5-6-9-14(12)20-15(13)16(18)19/h1,5-6,8-9,17H,3-4,7,10-11H2,(H,18,19). The van der Waals surface area contributed by atoms with Gasteiger partial charge in [0.25, 0.3) is 0 Å². The van der Waals surface area contributed by atoms with Crippen molar-refractivity contribution in [1.29, 1.82) is 0 Å². The lowest BCUT2D eigenvalue weighted by atomic mass is 10.1. The number of para-hydroxylation sites is 1. The summed E-state index contributed by atoms with van der Waals surface area (Å²) in [5.74, 6) is 1.58. The number of aromatic carboxylic acids is 1. The Bertz CT molecular complexity index is 637. The number of unbranched alkanes of at least 4 members (excludes halogenated alkanes) is 2. The third kappa shape index (κ3) is 3.19. The molecule has 0 amide bonds. The molecular formula is C16H17NO3. The second-order valence-electron chi connectivity index (χ2n) is 4.55. The molecule has 0 saturated carbocycles. The highest BCUT2D eigenvalue weighted by Crippen LogP contribution is 2.25. The van der Waals surface area contributed by atoms with Crippen LogP contribution in [0.3, 0.4) is 0 Å². The molecule has 0 radical (unpaired) electrons. The van der Waals surface area contributed by atoms with E-state index in [9.17, 15) is 9.90 Å². The van der Waals surface area contributed by atoms with Gasteiger partial charge in [-0.2, -0.15) is 0 Å². The van der Waals surface area contributed by atoms with Crippen LogP contribution >= 0.6 is 0 Å². The topological polar surface area (TPSA) is 62.5 Å². The zero-order valence-electron chi connectivity index (χ0n) is 11.2. The summed E-state index contributed by atoms with van der Waals surface area (Å²) in [6, 6.07) is 7.35. The van der Waals surface area contributed by atoms with Crippen LogP contribution in [0, 0.1) is 12.3 Å². The highest BCUT2D eigenvalue weighted by molar-refractivity contribution is 5.95. The number of rotatable bonds is 7. The predicted molar refractivity (Wildman–Crippen MR) is 77.6 cm³/mol. The summed E-state index contributed by atoms with van der Waals surface area (Å²) < 4.78 is 5.39. The maximum atomic E-state index is 11.2. The molecule has 0 aliphatic heterocycles. The third-order valence-corrected chi connectivity index (χ3v) is 3.12. The number of carbonyl (C=O) groups is 1. The van der Waals surface area contributed by atoms with Gasteiger partial charge < -0.3 is 14.8 Å². The van der Waals surface area contributed by atoms with Gasteiger partial charge in [-0.1, -0.05) is 18.2 Å². The molecule has 4 heteroatoms. The van der Waals surface area contributed by atoms with Crippen LogP contribution in [0.5, 0.6) is 0 Å². The molecule has 0 bridgehead atoms. The third-order valence-electron chi connectivity index (χ3n) is 3.12. The van der Waals surface area contributed by atoms with Crippen LogP contribution in [0.25, 0.3) is 11.0 Å². The van der Waals surface area contributed by atoms with E-state index in [-0.39, 0.29) is 5.76 Å². The molecule has 104 valence electrons. The summed E-state index contributed by atoms with van der Waals surface area (Å²) in [5, 5.41) is 13.3. The van der Waals surface area contributed by atoms with Crippen molar-refractivity contribution >= 4 is 16.9 Å². The lowest BCUT2D eigenvalue weighted by molar-refractivity contribution is 0.0663. The smallest absolute Gasteiger partial charge is 0.372 e. The fraction of sp³-hybridized carbons (Fsp3) is 0.312. The number of hydrogen-bond donors (Lipinski definition) is 2. The second kappa shape index (κ2) is 6.78. The minimum atomic E-state index is -1.04. The molecule has 1 heterocycles. The first-order valence-corrected chi connectivity index (χ1v) is 6.62. The van der Waals surface area contributed by atoms with Crippen LogP contribution in [0.4, 0.5) is 0 Å². The summed E-state index contributed by atoms with van der Waals surface area (Å²) in [6.45, 7) is 1.29. The van der Waals surface area contributed by atoms with Gasteiger partial charge in [-0.05, 0) is 25.5 Å². The first-order valence-electron chi connectivity index (χ1n) is 6.62. The first-order chi connectivity index (χ1) is 9.74. The van der Waals surface area contributed by atoms with Crippen molar-refractivity contribution in [1.82, 2.24) is 5.32 Å². The quantitative estimate of drug-likeness (QED) is 0.600. The lowest BCUT2D eigenvalue weighted by Gasteiger charge is -2.03. The Balaban J connectivity index is 2.06.